The second-order valence-corrected chi connectivity index (χ2v) is 6.61. The summed E-state index contributed by atoms with van der Waals surface area (Å²) in [6.07, 6.45) is 6.88. The van der Waals surface area contributed by atoms with Crippen molar-refractivity contribution in [2.75, 3.05) is 12.4 Å². The van der Waals surface area contributed by atoms with Gasteiger partial charge in [0.2, 0.25) is 0 Å². The van der Waals surface area contributed by atoms with Crippen molar-refractivity contribution in [3.8, 4) is 0 Å². The van der Waals surface area contributed by atoms with E-state index in [2.05, 4.69) is 13.8 Å². The summed E-state index contributed by atoms with van der Waals surface area (Å²) >= 11 is 1.70. The van der Waals surface area contributed by atoms with Gasteiger partial charge in [0.25, 0.3) is 0 Å². The Bertz CT molecular complexity index is 235. The number of hydrogen-bond acceptors (Lipinski definition) is 3. The normalized spacial score (nSPS) is 14.0. The highest BCUT2D eigenvalue weighted by Gasteiger charge is 2.19. The molecule has 0 aromatic carbocycles. The number of ether oxygens (including phenoxy) is 1. The maximum Gasteiger partial charge on any atom is 0.319 e. The maximum absolute atomic E-state index is 12.6. The van der Waals surface area contributed by atoms with Gasteiger partial charge in [-0.2, -0.15) is 0 Å². The highest BCUT2D eigenvalue weighted by molar-refractivity contribution is 8.00. The van der Waals surface area contributed by atoms with Crippen LogP contribution in [0.4, 0.5) is 4.39 Å². The molecule has 0 radical (unpaired) electrons. The molecule has 0 saturated carbocycles. The molecule has 0 heterocycles. The first-order valence-electron chi connectivity index (χ1n) is 8.04. The standard InChI is InChI=1S/C16H31FO2S/c1-4-6-12-19-16(18)15(10-5-2)20-13-9-7-8-11-14(3)17/h14-15H,4-13H2,1-3H3. The van der Waals surface area contributed by atoms with E-state index >= 15 is 0 Å². The second kappa shape index (κ2) is 13.7. The van der Waals surface area contributed by atoms with Gasteiger partial charge < -0.3 is 4.74 Å². The summed E-state index contributed by atoms with van der Waals surface area (Å²) in [6, 6.07) is 0. The number of unbranched alkanes of at least 4 members (excludes halogenated alkanes) is 3. The molecule has 0 aliphatic heterocycles. The van der Waals surface area contributed by atoms with Crippen molar-refractivity contribution in [3.05, 3.63) is 0 Å². The van der Waals surface area contributed by atoms with Crippen molar-refractivity contribution in [2.45, 2.75) is 83.6 Å². The van der Waals surface area contributed by atoms with Crippen LogP contribution in [0.2, 0.25) is 0 Å². The molecule has 0 saturated heterocycles. The van der Waals surface area contributed by atoms with E-state index in [0.29, 0.717) is 13.0 Å². The van der Waals surface area contributed by atoms with Gasteiger partial charge in [0, 0.05) is 0 Å². The molecular formula is C16H31FO2S. The smallest absolute Gasteiger partial charge is 0.319 e. The molecule has 0 amide bonds. The van der Waals surface area contributed by atoms with Gasteiger partial charge in [0.15, 0.2) is 0 Å². The molecule has 0 bridgehead atoms. The minimum Gasteiger partial charge on any atom is -0.465 e. The van der Waals surface area contributed by atoms with Crippen molar-refractivity contribution in [3.63, 3.8) is 0 Å². The second-order valence-electron chi connectivity index (χ2n) is 5.30. The summed E-state index contributed by atoms with van der Waals surface area (Å²) in [6.45, 7) is 6.34. The molecule has 20 heavy (non-hydrogen) atoms. The summed E-state index contributed by atoms with van der Waals surface area (Å²) in [4.78, 5) is 11.9. The fourth-order valence-electron chi connectivity index (χ4n) is 1.87. The first-order chi connectivity index (χ1) is 9.61. The monoisotopic (exact) mass is 306 g/mol. The molecule has 0 aliphatic carbocycles. The lowest BCUT2D eigenvalue weighted by molar-refractivity contribution is -0.143. The quantitative estimate of drug-likeness (QED) is 0.348. The van der Waals surface area contributed by atoms with E-state index in [1.165, 1.54) is 0 Å². The number of esters is 1. The average Bonchev–Trinajstić information content (AvgIpc) is 2.41. The van der Waals surface area contributed by atoms with E-state index in [0.717, 1.165) is 50.7 Å². The lowest BCUT2D eigenvalue weighted by atomic mass is 10.1. The van der Waals surface area contributed by atoms with Crippen LogP contribution in [0.3, 0.4) is 0 Å². The molecule has 2 unspecified atom stereocenters. The summed E-state index contributed by atoms with van der Waals surface area (Å²) < 4.78 is 17.9. The average molecular weight is 306 g/mol. The predicted octanol–water partition coefficient (Wildman–Crippen LogP) is 5.15. The Morgan fingerprint density at radius 3 is 2.45 bits per heavy atom. The van der Waals surface area contributed by atoms with Crippen LogP contribution in [0.25, 0.3) is 0 Å². The number of halogens is 1. The molecule has 0 fully saturated rings. The van der Waals surface area contributed by atoms with Gasteiger partial charge in [0.1, 0.15) is 5.25 Å². The van der Waals surface area contributed by atoms with Crippen LogP contribution in [0.5, 0.6) is 0 Å². The first kappa shape index (κ1) is 19.8. The molecule has 2 nitrogen and oxygen atoms in total. The van der Waals surface area contributed by atoms with Crippen molar-refractivity contribution < 1.29 is 13.9 Å². The Balaban J connectivity index is 3.75. The summed E-state index contributed by atoms with van der Waals surface area (Å²) in [5.41, 5.74) is 0. The third-order valence-corrected chi connectivity index (χ3v) is 4.48. The number of carbonyl (C=O) groups excluding carboxylic acids is 1. The minimum absolute atomic E-state index is 0.0167. The van der Waals surface area contributed by atoms with Crippen LogP contribution < -0.4 is 0 Å². The van der Waals surface area contributed by atoms with Crippen LogP contribution >= 0.6 is 11.8 Å². The topological polar surface area (TPSA) is 26.3 Å². The van der Waals surface area contributed by atoms with Crippen molar-refractivity contribution in [1.29, 1.82) is 0 Å². The zero-order valence-electron chi connectivity index (χ0n) is 13.3. The van der Waals surface area contributed by atoms with Gasteiger partial charge in [0.05, 0.1) is 12.8 Å². The number of carbonyl (C=O) groups is 1. The Kier molecular flexibility index (Phi) is 13.5. The number of alkyl halides is 1. The molecule has 2 atom stereocenters. The van der Waals surface area contributed by atoms with E-state index in [1.807, 2.05) is 0 Å². The van der Waals surface area contributed by atoms with Gasteiger partial charge in [-0.25, -0.2) is 4.39 Å². The minimum atomic E-state index is -0.691. The molecule has 120 valence electrons. The van der Waals surface area contributed by atoms with Gasteiger partial charge in [-0.05, 0) is 38.4 Å². The summed E-state index contributed by atoms with van der Waals surface area (Å²) in [5, 5.41) is -0.0167. The van der Waals surface area contributed by atoms with Crippen LogP contribution in [0, 0.1) is 0 Å². The Morgan fingerprint density at radius 2 is 1.85 bits per heavy atom. The zero-order chi connectivity index (χ0) is 15.2. The van der Waals surface area contributed by atoms with E-state index in [4.69, 9.17) is 4.74 Å². The highest BCUT2D eigenvalue weighted by Crippen LogP contribution is 2.20. The number of rotatable bonds is 13. The van der Waals surface area contributed by atoms with Crippen LogP contribution in [-0.2, 0) is 9.53 Å². The zero-order valence-corrected chi connectivity index (χ0v) is 14.1. The van der Waals surface area contributed by atoms with Gasteiger partial charge >= 0.3 is 5.97 Å². The van der Waals surface area contributed by atoms with Crippen molar-refractivity contribution in [1.82, 2.24) is 0 Å². The SMILES string of the molecule is CCCCOC(=O)C(CCC)SCCCCCC(C)F. The van der Waals surface area contributed by atoms with E-state index < -0.39 is 6.17 Å². The Labute approximate surface area is 128 Å². The van der Waals surface area contributed by atoms with Crippen molar-refractivity contribution >= 4 is 17.7 Å². The molecule has 4 heteroatoms. The van der Waals surface area contributed by atoms with Crippen LogP contribution in [0.1, 0.15) is 72.1 Å². The summed E-state index contributed by atoms with van der Waals surface area (Å²) in [5.74, 6) is 0.913. The maximum atomic E-state index is 12.6. The third kappa shape index (κ3) is 11.6. The summed E-state index contributed by atoms with van der Waals surface area (Å²) in [7, 11) is 0. The molecule has 0 aromatic rings. The molecule has 0 spiro atoms. The molecule has 0 aliphatic rings. The first-order valence-corrected chi connectivity index (χ1v) is 9.09. The fourth-order valence-corrected chi connectivity index (χ4v) is 3.13. The molecule has 0 rings (SSSR count). The van der Waals surface area contributed by atoms with Gasteiger partial charge in [-0.3, -0.25) is 4.79 Å². The number of thioether (sulfide) groups is 1. The molecule has 0 aromatic heterocycles. The number of hydrogen-bond donors (Lipinski definition) is 0. The molecule has 0 N–H and O–H groups in total. The van der Waals surface area contributed by atoms with E-state index in [9.17, 15) is 9.18 Å². The molecular weight excluding hydrogens is 275 g/mol. The third-order valence-electron chi connectivity index (χ3n) is 3.12. The highest BCUT2D eigenvalue weighted by atomic mass is 32.2. The van der Waals surface area contributed by atoms with E-state index in [1.54, 1.807) is 18.7 Å². The van der Waals surface area contributed by atoms with Gasteiger partial charge in [-0.15, -0.1) is 11.8 Å². The largest absolute Gasteiger partial charge is 0.465 e. The Morgan fingerprint density at radius 1 is 1.10 bits per heavy atom. The van der Waals surface area contributed by atoms with Gasteiger partial charge in [-0.1, -0.05) is 39.5 Å². The van der Waals surface area contributed by atoms with E-state index in [-0.39, 0.29) is 11.2 Å². The lowest BCUT2D eigenvalue weighted by Crippen LogP contribution is -2.21. The fraction of sp³-hybridized carbons (Fsp3) is 0.938. The predicted molar refractivity (Wildman–Crippen MR) is 86.1 cm³/mol. The van der Waals surface area contributed by atoms with Crippen LogP contribution in [0.15, 0.2) is 0 Å². The van der Waals surface area contributed by atoms with Crippen LogP contribution in [-0.4, -0.2) is 29.8 Å². The van der Waals surface area contributed by atoms with Crippen molar-refractivity contribution in [2.24, 2.45) is 0 Å². The lowest BCUT2D eigenvalue weighted by Gasteiger charge is -2.15. The Hall–Kier alpha value is -0.250.